The maximum atomic E-state index is 13.0. The molecular weight excluding hydrogens is 329 g/mol. The summed E-state index contributed by atoms with van der Waals surface area (Å²) >= 11 is 0. The van der Waals surface area contributed by atoms with Gasteiger partial charge in [0.1, 0.15) is 5.71 Å². The number of hydrogen-bond acceptors (Lipinski definition) is 3. The van der Waals surface area contributed by atoms with Crippen LogP contribution in [0.15, 0.2) is 70.7 Å². The number of alkyl halides is 3. The molecule has 0 aliphatic heterocycles. The molecule has 2 rings (SSSR count). The van der Waals surface area contributed by atoms with Crippen molar-refractivity contribution in [3.8, 4) is 0 Å². The average Bonchev–Trinajstić information content (AvgIpc) is 2.52. The zero-order valence-electron chi connectivity index (χ0n) is 11.8. The lowest BCUT2D eigenvalue weighted by Gasteiger charge is -2.11. The molecule has 0 heterocycles. The zero-order chi connectivity index (χ0) is 16.9. The van der Waals surface area contributed by atoms with Crippen LogP contribution in [0.3, 0.4) is 0 Å². The molecule has 1 N–H and O–H groups in total. The lowest BCUT2D eigenvalue weighted by Crippen LogP contribution is -2.30. The Kier molecular flexibility index (Phi) is 5.05. The average molecular weight is 342 g/mol. The highest BCUT2D eigenvalue weighted by molar-refractivity contribution is 7.89. The minimum absolute atomic E-state index is 0.162. The molecule has 0 atom stereocenters. The molecule has 2 aromatic rings. The van der Waals surface area contributed by atoms with E-state index in [0.717, 1.165) is 0 Å². The van der Waals surface area contributed by atoms with Gasteiger partial charge in [-0.1, -0.05) is 48.5 Å². The van der Waals surface area contributed by atoms with E-state index >= 15 is 0 Å². The van der Waals surface area contributed by atoms with Crippen LogP contribution in [0.25, 0.3) is 0 Å². The standard InChI is InChI=1S/C15H13F3N2O2S/c16-15(17,18)14(11-12-7-3-1-4-8-12)19-20-23(21,22)13-9-5-2-6-10-13/h1-10,20H,11H2. The predicted molar refractivity (Wildman–Crippen MR) is 80.4 cm³/mol. The van der Waals surface area contributed by atoms with Crippen molar-refractivity contribution in [1.29, 1.82) is 0 Å². The first-order valence-electron chi connectivity index (χ1n) is 6.53. The summed E-state index contributed by atoms with van der Waals surface area (Å²) in [6.07, 6.45) is -5.27. The van der Waals surface area contributed by atoms with Crippen molar-refractivity contribution in [1.82, 2.24) is 4.83 Å². The summed E-state index contributed by atoms with van der Waals surface area (Å²) < 4.78 is 62.9. The molecule has 0 aliphatic rings. The van der Waals surface area contributed by atoms with Crippen LogP contribution in [0.1, 0.15) is 5.56 Å². The Morgan fingerprint density at radius 2 is 1.48 bits per heavy atom. The van der Waals surface area contributed by atoms with Crippen LogP contribution < -0.4 is 4.83 Å². The Hall–Kier alpha value is -2.35. The molecule has 0 unspecified atom stereocenters. The van der Waals surface area contributed by atoms with Crippen molar-refractivity contribution in [3.05, 3.63) is 66.2 Å². The largest absolute Gasteiger partial charge is 0.431 e. The SMILES string of the molecule is O=S(=O)(NN=C(Cc1ccccc1)C(F)(F)F)c1ccccc1. The van der Waals surface area contributed by atoms with Crippen LogP contribution in [0.5, 0.6) is 0 Å². The minimum Gasteiger partial charge on any atom is -0.200 e. The van der Waals surface area contributed by atoms with E-state index in [-0.39, 0.29) is 4.90 Å². The highest BCUT2D eigenvalue weighted by Crippen LogP contribution is 2.20. The molecular formula is C15H13F3N2O2S. The molecule has 0 amide bonds. The summed E-state index contributed by atoms with van der Waals surface area (Å²) in [6, 6.07) is 14.9. The smallest absolute Gasteiger partial charge is 0.200 e. The van der Waals surface area contributed by atoms with Gasteiger partial charge in [0.15, 0.2) is 0 Å². The molecule has 0 bridgehead atoms. The number of nitrogens with zero attached hydrogens (tertiary/aromatic N) is 1. The van der Waals surface area contributed by atoms with Crippen LogP contribution in [-0.4, -0.2) is 20.3 Å². The van der Waals surface area contributed by atoms with E-state index in [1.807, 2.05) is 0 Å². The first-order valence-corrected chi connectivity index (χ1v) is 8.02. The molecule has 8 heteroatoms. The summed E-state index contributed by atoms with van der Waals surface area (Å²) in [7, 11) is -4.15. The van der Waals surface area contributed by atoms with E-state index in [1.54, 1.807) is 29.1 Å². The molecule has 23 heavy (non-hydrogen) atoms. The molecule has 122 valence electrons. The van der Waals surface area contributed by atoms with Crippen molar-refractivity contribution in [2.24, 2.45) is 5.10 Å². The van der Waals surface area contributed by atoms with Crippen LogP contribution in [0.2, 0.25) is 0 Å². The maximum Gasteiger partial charge on any atom is 0.431 e. The number of nitrogens with one attached hydrogen (secondary N) is 1. The van der Waals surface area contributed by atoms with E-state index < -0.39 is 28.3 Å². The van der Waals surface area contributed by atoms with Gasteiger partial charge in [-0.05, 0) is 17.7 Å². The summed E-state index contributed by atoms with van der Waals surface area (Å²) in [5.74, 6) is 0. The van der Waals surface area contributed by atoms with Gasteiger partial charge in [-0.2, -0.15) is 31.5 Å². The number of hydrogen-bond donors (Lipinski definition) is 1. The maximum absolute atomic E-state index is 13.0. The molecule has 0 aromatic heterocycles. The van der Waals surface area contributed by atoms with Crippen LogP contribution in [0, 0.1) is 0 Å². The first-order chi connectivity index (χ1) is 10.8. The Morgan fingerprint density at radius 3 is 2.00 bits per heavy atom. The van der Waals surface area contributed by atoms with Crippen molar-refractivity contribution in [3.63, 3.8) is 0 Å². The highest BCUT2D eigenvalue weighted by Gasteiger charge is 2.36. The van der Waals surface area contributed by atoms with Gasteiger partial charge in [-0.3, -0.25) is 0 Å². The Labute approximate surface area is 131 Å². The molecule has 0 spiro atoms. The van der Waals surface area contributed by atoms with Crippen LogP contribution >= 0.6 is 0 Å². The second-order valence-electron chi connectivity index (χ2n) is 4.63. The first kappa shape index (κ1) is 17.0. The van der Waals surface area contributed by atoms with Gasteiger partial charge in [0, 0.05) is 6.42 Å². The van der Waals surface area contributed by atoms with Gasteiger partial charge < -0.3 is 0 Å². The lowest BCUT2D eigenvalue weighted by atomic mass is 10.1. The summed E-state index contributed by atoms with van der Waals surface area (Å²) in [4.78, 5) is 1.48. The number of halogens is 3. The van der Waals surface area contributed by atoms with Gasteiger partial charge in [0.25, 0.3) is 10.0 Å². The van der Waals surface area contributed by atoms with Gasteiger partial charge in [0.2, 0.25) is 0 Å². The molecule has 4 nitrogen and oxygen atoms in total. The minimum atomic E-state index is -4.74. The number of hydrazone groups is 1. The third-order valence-corrected chi connectivity index (χ3v) is 4.12. The summed E-state index contributed by atoms with van der Waals surface area (Å²) in [5, 5.41) is 3.09. The molecule has 0 aliphatic carbocycles. The Balaban J connectivity index is 2.25. The van der Waals surface area contributed by atoms with Gasteiger partial charge in [-0.25, -0.2) is 0 Å². The van der Waals surface area contributed by atoms with Crippen molar-refractivity contribution >= 4 is 15.7 Å². The molecule has 0 radical (unpaired) electrons. The Bertz CT molecular complexity index is 773. The number of rotatable bonds is 5. The van der Waals surface area contributed by atoms with E-state index in [0.29, 0.717) is 5.56 Å². The van der Waals surface area contributed by atoms with Gasteiger partial charge in [-0.15, -0.1) is 0 Å². The van der Waals surface area contributed by atoms with E-state index in [4.69, 9.17) is 0 Å². The van der Waals surface area contributed by atoms with Crippen molar-refractivity contribution < 1.29 is 21.6 Å². The predicted octanol–water partition coefficient (Wildman–Crippen LogP) is 3.13. The second kappa shape index (κ2) is 6.82. The molecule has 0 fully saturated rings. The van der Waals surface area contributed by atoms with Crippen molar-refractivity contribution in [2.45, 2.75) is 17.5 Å². The van der Waals surface area contributed by atoms with Crippen LogP contribution in [0.4, 0.5) is 13.2 Å². The van der Waals surface area contributed by atoms with Crippen LogP contribution in [-0.2, 0) is 16.4 Å². The lowest BCUT2D eigenvalue weighted by molar-refractivity contribution is -0.0604. The highest BCUT2D eigenvalue weighted by atomic mass is 32.2. The second-order valence-corrected chi connectivity index (χ2v) is 6.29. The molecule has 0 saturated carbocycles. The molecule has 0 saturated heterocycles. The zero-order valence-corrected chi connectivity index (χ0v) is 12.6. The third-order valence-electron chi connectivity index (χ3n) is 2.90. The summed E-state index contributed by atoms with van der Waals surface area (Å²) in [6.45, 7) is 0. The monoisotopic (exact) mass is 342 g/mol. The quantitative estimate of drug-likeness (QED) is 0.670. The number of benzene rings is 2. The topological polar surface area (TPSA) is 58.5 Å². The van der Waals surface area contributed by atoms with E-state index in [2.05, 4.69) is 5.10 Å². The number of sulfonamides is 1. The normalized spacial score (nSPS) is 12.9. The summed E-state index contributed by atoms with van der Waals surface area (Å²) in [5.41, 5.74) is -0.842. The molecule has 2 aromatic carbocycles. The fourth-order valence-electron chi connectivity index (χ4n) is 1.76. The fourth-order valence-corrected chi connectivity index (χ4v) is 2.61. The van der Waals surface area contributed by atoms with Gasteiger partial charge >= 0.3 is 6.18 Å². The van der Waals surface area contributed by atoms with E-state index in [9.17, 15) is 21.6 Å². The van der Waals surface area contributed by atoms with Gasteiger partial charge in [0.05, 0.1) is 4.90 Å². The fraction of sp³-hybridized carbons (Fsp3) is 0.133. The van der Waals surface area contributed by atoms with Crippen molar-refractivity contribution in [2.75, 3.05) is 0 Å². The van der Waals surface area contributed by atoms with E-state index in [1.165, 1.54) is 36.4 Å². The third kappa shape index (κ3) is 4.82. The Morgan fingerprint density at radius 1 is 0.957 bits per heavy atom.